The standard InChI is InChI=1S/C55H78N2O9/c1-5-7-8-9-10-11-12-13-14-15-16-17-18-19-20-21-22-23-24-28-41-63-52-51(66-50(59)6-2)48(65-53(52)57-40-39-49(58)56-54(57)60)42-64-55(43-29-26-25-27-30-43,44-31-35-46(61-3)36-32-44)45-33-37-47(62-4)38-34-45/h25-27,29-40,48,51-53H,5-24,28,41-42H2,1-4H3,(H,56,58,60)/t48-,51?,52?,53-/m1/s1. The Hall–Kier alpha value is -4.71. The summed E-state index contributed by atoms with van der Waals surface area (Å²) in [5.74, 6) is 0.945. The van der Waals surface area contributed by atoms with Crippen molar-refractivity contribution in [3.05, 3.63) is 129 Å². The van der Waals surface area contributed by atoms with E-state index in [0.717, 1.165) is 36.0 Å². The van der Waals surface area contributed by atoms with Gasteiger partial charge in [-0.05, 0) is 47.4 Å². The summed E-state index contributed by atoms with van der Waals surface area (Å²) in [5, 5.41) is 0. The first-order valence-electron chi connectivity index (χ1n) is 25.1. The molecule has 5 rings (SSSR count). The molecule has 0 spiro atoms. The molecular weight excluding hydrogens is 833 g/mol. The summed E-state index contributed by atoms with van der Waals surface area (Å²) < 4.78 is 39.0. The van der Waals surface area contributed by atoms with Crippen molar-refractivity contribution in [1.82, 2.24) is 9.55 Å². The zero-order valence-corrected chi connectivity index (χ0v) is 40.4. The van der Waals surface area contributed by atoms with Gasteiger partial charge in [0, 0.05) is 25.3 Å². The number of carbonyl (C=O) groups excluding carboxylic acids is 1. The van der Waals surface area contributed by atoms with E-state index >= 15 is 0 Å². The predicted octanol–water partition coefficient (Wildman–Crippen LogP) is 12.0. The van der Waals surface area contributed by atoms with Crippen molar-refractivity contribution in [2.24, 2.45) is 0 Å². The van der Waals surface area contributed by atoms with Gasteiger partial charge >= 0.3 is 11.7 Å². The highest BCUT2D eigenvalue weighted by molar-refractivity contribution is 5.69. The van der Waals surface area contributed by atoms with Crippen LogP contribution in [0.1, 0.15) is 172 Å². The third-order valence-electron chi connectivity index (χ3n) is 12.9. The van der Waals surface area contributed by atoms with E-state index in [4.69, 9.17) is 28.4 Å². The van der Waals surface area contributed by atoms with Crippen LogP contribution >= 0.6 is 0 Å². The fourth-order valence-electron chi connectivity index (χ4n) is 9.11. The Morgan fingerprint density at radius 3 is 1.53 bits per heavy atom. The molecule has 66 heavy (non-hydrogen) atoms. The first-order chi connectivity index (χ1) is 32.3. The maximum absolute atomic E-state index is 13.3. The maximum Gasteiger partial charge on any atom is 0.330 e. The van der Waals surface area contributed by atoms with E-state index in [-0.39, 0.29) is 13.0 Å². The third-order valence-corrected chi connectivity index (χ3v) is 12.9. The molecule has 362 valence electrons. The van der Waals surface area contributed by atoms with Crippen LogP contribution in [0.4, 0.5) is 0 Å². The van der Waals surface area contributed by atoms with Crippen LogP contribution in [0.25, 0.3) is 0 Å². The molecule has 1 fully saturated rings. The van der Waals surface area contributed by atoms with Crippen LogP contribution in [0, 0.1) is 0 Å². The average molecular weight is 911 g/mol. The molecule has 0 aliphatic carbocycles. The molecule has 3 aromatic carbocycles. The van der Waals surface area contributed by atoms with Gasteiger partial charge in [0.25, 0.3) is 5.56 Å². The van der Waals surface area contributed by atoms with E-state index in [1.54, 1.807) is 21.1 Å². The number of aromatic amines is 1. The van der Waals surface area contributed by atoms with E-state index < -0.39 is 47.4 Å². The minimum absolute atomic E-state index is 0.0671. The molecule has 0 radical (unpaired) electrons. The van der Waals surface area contributed by atoms with Crippen LogP contribution in [-0.4, -0.2) is 61.3 Å². The smallest absolute Gasteiger partial charge is 0.330 e. The van der Waals surface area contributed by atoms with Gasteiger partial charge in [-0.25, -0.2) is 4.79 Å². The number of nitrogens with zero attached hydrogens (tertiary/aromatic N) is 1. The van der Waals surface area contributed by atoms with Crippen molar-refractivity contribution >= 4 is 5.97 Å². The molecule has 2 unspecified atom stereocenters. The lowest BCUT2D eigenvalue weighted by atomic mass is 9.80. The molecule has 4 aromatic rings. The number of benzene rings is 3. The molecule has 11 heteroatoms. The summed E-state index contributed by atoms with van der Waals surface area (Å²) >= 11 is 0. The monoisotopic (exact) mass is 911 g/mol. The van der Waals surface area contributed by atoms with Gasteiger partial charge in [0.2, 0.25) is 0 Å². The number of ether oxygens (including phenoxy) is 6. The van der Waals surface area contributed by atoms with E-state index in [0.29, 0.717) is 18.1 Å². The van der Waals surface area contributed by atoms with Crippen molar-refractivity contribution < 1.29 is 33.2 Å². The summed E-state index contributed by atoms with van der Waals surface area (Å²) in [6.45, 7) is 4.32. The zero-order valence-electron chi connectivity index (χ0n) is 40.4. The van der Waals surface area contributed by atoms with E-state index in [1.807, 2.05) is 78.9 Å². The molecule has 1 aromatic heterocycles. The number of unbranched alkanes of at least 4 members (excludes halogenated alkanes) is 19. The number of esters is 1. The van der Waals surface area contributed by atoms with Crippen LogP contribution in [0.5, 0.6) is 11.5 Å². The van der Waals surface area contributed by atoms with Gasteiger partial charge < -0.3 is 28.4 Å². The number of aromatic nitrogens is 2. The molecule has 1 aliphatic heterocycles. The Kier molecular flexibility index (Phi) is 23.1. The molecule has 0 bridgehead atoms. The number of hydrogen-bond donors (Lipinski definition) is 1. The summed E-state index contributed by atoms with van der Waals surface area (Å²) in [5.41, 5.74) is 0.119. The Balaban J connectivity index is 1.21. The first kappa shape index (κ1) is 52.3. The second-order valence-electron chi connectivity index (χ2n) is 17.8. The Morgan fingerprint density at radius 2 is 1.08 bits per heavy atom. The summed E-state index contributed by atoms with van der Waals surface area (Å²) in [6, 6.07) is 26.6. The zero-order chi connectivity index (χ0) is 46.8. The molecular formula is C55H78N2O9. The lowest BCUT2D eigenvalue weighted by molar-refractivity contribution is -0.160. The maximum atomic E-state index is 13.3. The van der Waals surface area contributed by atoms with E-state index in [9.17, 15) is 14.4 Å². The number of nitrogens with one attached hydrogen (secondary N) is 1. The van der Waals surface area contributed by atoms with Gasteiger partial charge in [-0.1, -0.05) is 190 Å². The molecule has 2 heterocycles. The van der Waals surface area contributed by atoms with Crippen LogP contribution in [0.3, 0.4) is 0 Å². The van der Waals surface area contributed by atoms with Gasteiger partial charge in [-0.15, -0.1) is 0 Å². The van der Waals surface area contributed by atoms with Crippen molar-refractivity contribution in [3.63, 3.8) is 0 Å². The SMILES string of the molecule is CCCCCCCCCCCCCCCCCCCCCCOC1C(OC(=O)CC)[C@@H](COC(c2ccccc2)(c2ccc(OC)cc2)c2ccc(OC)cc2)O[C@H]1n1ccc(=O)[nH]c1=O. The number of rotatable bonds is 33. The minimum atomic E-state index is -1.18. The number of H-pyrrole nitrogens is 1. The molecule has 0 saturated carbocycles. The Labute approximate surface area is 393 Å². The van der Waals surface area contributed by atoms with Gasteiger partial charge in [0.05, 0.1) is 20.8 Å². The van der Waals surface area contributed by atoms with Crippen molar-refractivity contribution in [3.8, 4) is 11.5 Å². The highest BCUT2D eigenvalue weighted by atomic mass is 16.6. The minimum Gasteiger partial charge on any atom is -0.497 e. The van der Waals surface area contributed by atoms with Crippen LogP contribution in [-0.2, 0) is 29.3 Å². The quantitative estimate of drug-likeness (QED) is 0.0282. The lowest BCUT2D eigenvalue weighted by Gasteiger charge is -2.37. The Bertz CT molecular complexity index is 2000. The van der Waals surface area contributed by atoms with E-state index in [1.165, 1.54) is 126 Å². The topological polar surface area (TPSA) is 127 Å². The van der Waals surface area contributed by atoms with Gasteiger partial charge in [0.1, 0.15) is 29.3 Å². The van der Waals surface area contributed by atoms with Crippen LogP contribution in [0.2, 0.25) is 0 Å². The second-order valence-corrected chi connectivity index (χ2v) is 17.8. The largest absolute Gasteiger partial charge is 0.497 e. The molecule has 1 saturated heterocycles. The third kappa shape index (κ3) is 15.7. The first-order valence-corrected chi connectivity index (χ1v) is 25.1. The molecule has 0 amide bonds. The fourth-order valence-corrected chi connectivity index (χ4v) is 9.11. The molecule has 4 atom stereocenters. The molecule has 1 aliphatic rings. The number of carbonyl (C=O) groups is 1. The van der Waals surface area contributed by atoms with Gasteiger partial charge in [-0.2, -0.15) is 0 Å². The number of hydrogen-bond acceptors (Lipinski definition) is 9. The fraction of sp³-hybridized carbons (Fsp3) is 0.582. The van der Waals surface area contributed by atoms with Crippen molar-refractivity contribution in [2.45, 2.75) is 179 Å². The van der Waals surface area contributed by atoms with Crippen LogP contribution < -0.4 is 20.7 Å². The van der Waals surface area contributed by atoms with Gasteiger partial charge in [0.15, 0.2) is 12.3 Å². The lowest BCUT2D eigenvalue weighted by Crippen LogP contribution is -2.43. The van der Waals surface area contributed by atoms with Gasteiger partial charge in [-0.3, -0.25) is 19.1 Å². The van der Waals surface area contributed by atoms with E-state index in [2.05, 4.69) is 11.9 Å². The summed E-state index contributed by atoms with van der Waals surface area (Å²) in [4.78, 5) is 41.0. The second kappa shape index (κ2) is 29.1. The summed E-state index contributed by atoms with van der Waals surface area (Å²) in [7, 11) is 3.25. The number of methoxy groups -OCH3 is 2. The van der Waals surface area contributed by atoms with Crippen molar-refractivity contribution in [2.75, 3.05) is 27.4 Å². The predicted molar refractivity (Wildman–Crippen MR) is 261 cm³/mol. The highest BCUT2D eigenvalue weighted by Crippen LogP contribution is 2.43. The Morgan fingerprint density at radius 1 is 0.606 bits per heavy atom. The summed E-state index contributed by atoms with van der Waals surface area (Å²) in [6.07, 6.45) is 23.7. The molecule has 11 nitrogen and oxygen atoms in total. The highest BCUT2D eigenvalue weighted by Gasteiger charge is 2.51. The molecule has 1 N–H and O–H groups in total. The van der Waals surface area contributed by atoms with Crippen LogP contribution in [0.15, 0.2) is 101 Å². The normalized spacial score (nSPS) is 17.2. The average Bonchev–Trinajstić information content (AvgIpc) is 3.68. The van der Waals surface area contributed by atoms with Crippen molar-refractivity contribution in [1.29, 1.82) is 0 Å².